The molecular weight excluding hydrogens is 562 g/mol. The predicted octanol–water partition coefficient (Wildman–Crippen LogP) is 9.14. The van der Waals surface area contributed by atoms with Gasteiger partial charge in [0.15, 0.2) is 0 Å². The lowest BCUT2D eigenvalue weighted by Crippen LogP contribution is -2.28. The molecule has 216 valence electrons. The summed E-state index contributed by atoms with van der Waals surface area (Å²) in [6, 6.07) is 20.1. The second kappa shape index (κ2) is 11.6. The maximum absolute atomic E-state index is 13.7. The summed E-state index contributed by atoms with van der Waals surface area (Å²) in [6.07, 6.45) is 6.52. The Labute approximate surface area is 256 Å². The molecular formula is C35H36ClN3O2S. The van der Waals surface area contributed by atoms with Crippen LogP contribution in [-0.4, -0.2) is 16.7 Å². The number of hydrogen-bond acceptors (Lipinski definition) is 4. The fourth-order valence-corrected chi connectivity index (χ4v) is 7.51. The summed E-state index contributed by atoms with van der Waals surface area (Å²) >= 11 is 8.21. The third-order valence-corrected chi connectivity index (χ3v) is 10.1. The largest absolute Gasteiger partial charge is 0.467 e. The molecule has 1 amide bonds. The van der Waals surface area contributed by atoms with Crippen molar-refractivity contribution in [2.75, 3.05) is 0 Å². The van der Waals surface area contributed by atoms with Gasteiger partial charge in [0.25, 0.3) is 5.91 Å². The number of hydrogen-bond donors (Lipinski definition) is 1. The van der Waals surface area contributed by atoms with Crippen molar-refractivity contribution in [2.24, 2.45) is 16.3 Å². The van der Waals surface area contributed by atoms with E-state index in [0.717, 1.165) is 68.3 Å². The van der Waals surface area contributed by atoms with E-state index >= 15 is 0 Å². The van der Waals surface area contributed by atoms with E-state index in [9.17, 15) is 4.79 Å². The van der Waals surface area contributed by atoms with Crippen molar-refractivity contribution in [3.8, 4) is 0 Å². The molecule has 6 rings (SSSR count). The number of aliphatic imine (C=N–C) groups is 1. The molecule has 2 aromatic carbocycles. The molecule has 0 bridgehead atoms. The maximum atomic E-state index is 13.7. The van der Waals surface area contributed by atoms with E-state index < -0.39 is 0 Å². The zero-order valence-electron chi connectivity index (χ0n) is 24.5. The minimum Gasteiger partial charge on any atom is -0.467 e. The number of furan rings is 1. The van der Waals surface area contributed by atoms with Gasteiger partial charge < -0.3 is 14.3 Å². The van der Waals surface area contributed by atoms with E-state index in [2.05, 4.69) is 67.9 Å². The third-order valence-electron chi connectivity index (χ3n) is 8.58. The Morgan fingerprint density at radius 2 is 1.93 bits per heavy atom. The molecule has 0 spiro atoms. The van der Waals surface area contributed by atoms with Crippen LogP contribution < -0.4 is 5.32 Å². The second-order valence-corrected chi connectivity index (χ2v) is 13.7. The number of carbonyl (C=O) groups excluding carboxylic acids is 1. The molecule has 0 unspecified atom stereocenters. The molecule has 0 radical (unpaired) electrons. The number of para-hydroxylation sites is 1. The first-order valence-corrected chi connectivity index (χ1v) is 15.7. The van der Waals surface area contributed by atoms with Gasteiger partial charge in [-0.3, -0.25) is 4.79 Å². The second-order valence-electron chi connectivity index (χ2n) is 12.2. The van der Waals surface area contributed by atoms with Gasteiger partial charge in [0, 0.05) is 44.8 Å². The van der Waals surface area contributed by atoms with Gasteiger partial charge in [0.05, 0.1) is 18.4 Å². The Morgan fingerprint density at radius 3 is 2.69 bits per heavy atom. The number of aromatic nitrogens is 1. The minimum atomic E-state index is -0.0943. The number of nitrogens with one attached hydrogen (secondary N) is 1. The van der Waals surface area contributed by atoms with Crippen LogP contribution in [0, 0.1) is 18.3 Å². The van der Waals surface area contributed by atoms with Crippen LogP contribution in [0.25, 0.3) is 10.9 Å². The van der Waals surface area contributed by atoms with Gasteiger partial charge in [-0.05, 0) is 72.9 Å². The highest BCUT2D eigenvalue weighted by Gasteiger charge is 2.33. The summed E-state index contributed by atoms with van der Waals surface area (Å²) in [5.41, 5.74) is 6.45. The monoisotopic (exact) mass is 597 g/mol. The van der Waals surface area contributed by atoms with Crippen molar-refractivity contribution in [3.63, 3.8) is 0 Å². The van der Waals surface area contributed by atoms with Gasteiger partial charge in [0.2, 0.25) is 0 Å². The zero-order valence-corrected chi connectivity index (χ0v) is 26.1. The number of nitrogens with zero attached hydrogens (tertiary/aromatic N) is 2. The van der Waals surface area contributed by atoms with E-state index in [0.29, 0.717) is 24.6 Å². The van der Waals surface area contributed by atoms with Crippen LogP contribution in [0.4, 0.5) is 5.00 Å². The van der Waals surface area contributed by atoms with E-state index in [-0.39, 0.29) is 11.3 Å². The highest BCUT2D eigenvalue weighted by atomic mass is 35.5. The van der Waals surface area contributed by atoms with Gasteiger partial charge in [0.1, 0.15) is 10.8 Å². The lowest BCUT2D eigenvalue weighted by molar-refractivity contribution is 0.0947. The molecule has 1 atom stereocenters. The van der Waals surface area contributed by atoms with Gasteiger partial charge in [-0.25, -0.2) is 4.99 Å². The number of amides is 1. The number of benzene rings is 2. The average Bonchev–Trinajstić information content (AvgIpc) is 3.68. The maximum Gasteiger partial charge on any atom is 0.255 e. The first kappa shape index (κ1) is 28.5. The first-order valence-electron chi connectivity index (χ1n) is 14.5. The summed E-state index contributed by atoms with van der Waals surface area (Å²) in [5, 5.41) is 5.74. The van der Waals surface area contributed by atoms with Crippen LogP contribution in [0.5, 0.6) is 0 Å². The molecule has 0 saturated heterocycles. The van der Waals surface area contributed by atoms with E-state index in [1.807, 2.05) is 36.5 Å². The SMILES string of the molecule is Cc1c(C=Nc2sc3c(c2C(=O)NCc2ccco2)CC[C@@H](C(C)(C)C)C3)c2ccccc2n1Cc1ccccc1Cl. The standard InChI is InChI=1S/C35H36ClN3O2S/c1-22-28(26-12-6-8-14-30(26)39(22)21-23-10-5-7-13-29(23)36)20-38-34-32(33(40)37-19-25-11-9-17-41-25)27-16-15-24(35(2,3)4)18-31(27)42-34/h5-14,17,20,24H,15-16,18-19,21H2,1-4H3,(H,37,40)/t24-/m1/s1. The molecule has 7 heteroatoms. The van der Waals surface area contributed by atoms with Crippen molar-refractivity contribution in [3.05, 3.63) is 111 Å². The molecule has 5 aromatic rings. The summed E-state index contributed by atoms with van der Waals surface area (Å²) in [5.74, 6) is 1.21. The molecule has 3 aromatic heterocycles. The molecule has 1 N–H and O–H groups in total. The van der Waals surface area contributed by atoms with Crippen LogP contribution in [0.3, 0.4) is 0 Å². The van der Waals surface area contributed by atoms with Crippen molar-refractivity contribution >= 4 is 51.0 Å². The first-order chi connectivity index (χ1) is 20.2. The molecule has 1 aliphatic carbocycles. The Kier molecular flexibility index (Phi) is 7.86. The number of halogens is 1. The van der Waals surface area contributed by atoms with Gasteiger partial charge in [-0.15, -0.1) is 11.3 Å². The van der Waals surface area contributed by atoms with Gasteiger partial charge >= 0.3 is 0 Å². The summed E-state index contributed by atoms with van der Waals surface area (Å²) < 4.78 is 7.75. The normalized spacial score (nSPS) is 15.4. The summed E-state index contributed by atoms with van der Waals surface area (Å²) in [6.45, 7) is 10.1. The van der Waals surface area contributed by atoms with Crippen molar-refractivity contribution in [1.29, 1.82) is 0 Å². The lowest BCUT2D eigenvalue weighted by Gasteiger charge is -2.33. The molecule has 3 heterocycles. The topological polar surface area (TPSA) is 59.5 Å². The van der Waals surface area contributed by atoms with E-state index in [1.165, 1.54) is 4.88 Å². The summed E-state index contributed by atoms with van der Waals surface area (Å²) in [7, 11) is 0. The average molecular weight is 598 g/mol. The van der Waals surface area contributed by atoms with Gasteiger partial charge in [-0.2, -0.15) is 0 Å². The summed E-state index contributed by atoms with van der Waals surface area (Å²) in [4.78, 5) is 20.0. The van der Waals surface area contributed by atoms with Crippen LogP contribution in [0.1, 0.15) is 70.6 Å². The Bertz CT molecular complexity index is 1770. The third kappa shape index (κ3) is 5.58. The number of carbonyl (C=O) groups is 1. The van der Waals surface area contributed by atoms with Crippen LogP contribution in [0.2, 0.25) is 5.02 Å². The Balaban J connectivity index is 1.39. The highest BCUT2D eigenvalue weighted by Crippen LogP contribution is 2.45. The van der Waals surface area contributed by atoms with Crippen LogP contribution >= 0.6 is 22.9 Å². The number of fused-ring (bicyclic) bond motifs is 2. The highest BCUT2D eigenvalue weighted by molar-refractivity contribution is 7.16. The number of thiophene rings is 1. The molecule has 0 aliphatic heterocycles. The van der Waals surface area contributed by atoms with Crippen molar-refractivity contribution in [2.45, 2.75) is 60.0 Å². The Hall–Kier alpha value is -3.61. The minimum absolute atomic E-state index is 0.0943. The van der Waals surface area contributed by atoms with E-state index in [1.54, 1.807) is 17.6 Å². The predicted molar refractivity (Wildman–Crippen MR) is 174 cm³/mol. The lowest BCUT2D eigenvalue weighted by atomic mass is 9.72. The van der Waals surface area contributed by atoms with Crippen molar-refractivity contribution < 1.29 is 9.21 Å². The van der Waals surface area contributed by atoms with Gasteiger partial charge in [-0.1, -0.05) is 68.8 Å². The smallest absolute Gasteiger partial charge is 0.255 e. The van der Waals surface area contributed by atoms with Crippen molar-refractivity contribution in [1.82, 2.24) is 9.88 Å². The zero-order chi connectivity index (χ0) is 29.4. The molecule has 0 fully saturated rings. The Morgan fingerprint density at radius 1 is 1.14 bits per heavy atom. The molecule has 5 nitrogen and oxygen atoms in total. The van der Waals surface area contributed by atoms with E-state index in [4.69, 9.17) is 21.0 Å². The number of rotatable bonds is 7. The molecule has 1 aliphatic rings. The quantitative estimate of drug-likeness (QED) is 0.190. The fraction of sp³-hybridized carbons (Fsp3) is 0.314. The molecule has 0 saturated carbocycles. The fourth-order valence-electron chi connectivity index (χ4n) is 6.05. The van der Waals surface area contributed by atoms with Crippen LogP contribution in [-0.2, 0) is 25.9 Å². The molecule has 42 heavy (non-hydrogen) atoms. The van der Waals surface area contributed by atoms with Crippen LogP contribution in [0.15, 0.2) is 76.3 Å².